The van der Waals surface area contributed by atoms with Crippen molar-refractivity contribution in [3.05, 3.63) is 23.8 Å². The second-order valence-electron chi connectivity index (χ2n) is 3.59. The number of hydrogen-bond donors (Lipinski definition) is 2. The number of nitrogen functional groups attached to an aromatic ring is 1. The zero-order valence-electron chi connectivity index (χ0n) is 9.39. The van der Waals surface area contributed by atoms with Crippen molar-refractivity contribution >= 4 is 23.1 Å². The molecule has 1 aromatic carbocycles. The number of halogens is 2. The Hall–Kier alpha value is -0.970. The van der Waals surface area contributed by atoms with Gasteiger partial charge in [-0.3, -0.25) is 0 Å². The van der Waals surface area contributed by atoms with Gasteiger partial charge in [0.25, 0.3) is 0 Å². The molecule has 1 rings (SSSR count). The van der Waals surface area contributed by atoms with E-state index < -0.39 is 11.6 Å². The van der Waals surface area contributed by atoms with Crippen LogP contribution in [0, 0.1) is 11.6 Å². The highest BCUT2D eigenvalue weighted by atomic mass is 32.2. The van der Waals surface area contributed by atoms with Crippen LogP contribution in [0.2, 0.25) is 0 Å². The highest BCUT2D eigenvalue weighted by Crippen LogP contribution is 2.24. The minimum Gasteiger partial charge on any atom is -0.397 e. The van der Waals surface area contributed by atoms with Crippen LogP contribution in [0.15, 0.2) is 12.1 Å². The molecule has 0 aromatic heterocycles. The fourth-order valence-electron chi connectivity index (χ4n) is 1.26. The first-order valence-corrected chi connectivity index (χ1v) is 6.35. The Kier molecular flexibility index (Phi) is 4.86. The van der Waals surface area contributed by atoms with Crippen LogP contribution >= 0.6 is 11.8 Å². The number of nitrogens with one attached hydrogen (secondary N) is 1. The third-order valence-electron chi connectivity index (χ3n) is 2.38. The Morgan fingerprint density at radius 1 is 1.44 bits per heavy atom. The average Bonchev–Trinajstić information content (AvgIpc) is 2.28. The first kappa shape index (κ1) is 13.1. The van der Waals surface area contributed by atoms with Crippen LogP contribution < -0.4 is 11.1 Å². The van der Waals surface area contributed by atoms with Crippen molar-refractivity contribution in [1.82, 2.24) is 0 Å². The normalized spacial score (nSPS) is 12.5. The predicted molar refractivity (Wildman–Crippen MR) is 66.9 cm³/mol. The van der Waals surface area contributed by atoms with E-state index in [9.17, 15) is 8.78 Å². The molecule has 0 aliphatic rings. The lowest BCUT2D eigenvalue weighted by Gasteiger charge is -2.12. The van der Waals surface area contributed by atoms with Crippen LogP contribution in [0.5, 0.6) is 0 Å². The van der Waals surface area contributed by atoms with Crippen molar-refractivity contribution in [1.29, 1.82) is 0 Å². The van der Waals surface area contributed by atoms with Gasteiger partial charge in [-0.2, -0.15) is 11.8 Å². The molecule has 0 heterocycles. The molecular weight excluding hydrogens is 230 g/mol. The van der Waals surface area contributed by atoms with E-state index in [4.69, 9.17) is 5.73 Å². The van der Waals surface area contributed by atoms with Crippen LogP contribution in [0.25, 0.3) is 0 Å². The molecule has 5 heteroatoms. The number of benzene rings is 1. The van der Waals surface area contributed by atoms with Crippen molar-refractivity contribution < 1.29 is 8.78 Å². The molecule has 1 unspecified atom stereocenters. The van der Waals surface area contributed by atoms with Gasteiger partial charge in [-0.1, -0.05) is 6.92 Å². The van der Waals surface area contributed by atoms with Crippen LogP contribution in [0.3, 0.4) is 0 Å². The molecule has 1 aromatic rings. The quantitative estimate of drug-likeness (QED) is 0.784. The second kappa shape index (κ2) is 5.94. The Bertz CT molecular complexity index is 358. The van der Waals surface area contributed by atoms with Gasteiger partial charge in [-0.25, -0.2) is 8.78 Å². The summed E-state index contributed by atoms with van der Waals surface area (Å²) in [5, 5.41) is 3.31. The van der Waals surface area contributed by atoms with Crippen molar-refractivity contribution in [3.8, 4) is 0 Å². The Morgan fingerprint density at radius 2 is 2.12 bits per heavy atom. The van der Waals surface area contributed by atoms with E-state index in [2.05, 4.69) is 12.2 Å². The summed E-state index contributed by atoms with van der Waals surface area (Å²) in [5.74, 6) is -1.79. The van der Waals surface area contributed by atoms with Gasteiger partial charge in [0.05, 0.1) is 11.4 Å². The molecule has 90 valence electrons. The van der Waals surface area contributed by atoms with E-state index in [0.29, 0.717) is 11.8 Å². The van der Waals surface area contributed by atoms with Gasteiger partial charge in [-0.05, 0) is 24.8 Å². The van der Waals surface area contributed by atoms with Gasteiger partial charge in [0, 0.05) is 11.8 Å². The molecule has 0 saturated carbocycles. The van der Waals surface area contributed by atoms with E-state index in [1.165, 1.54) is 6.07 Å². The topological polar surface area (TPSA) is 38.0 Å². The Balaban J connectivity index is 2.63. The zero-order chi connectivity index (χ0) is 12.1. The fourth-order valence-corrected chi connectivity index (χ4v) is 1.62. The van der Waals surface area contributed by atoms with Gasteiger partial charge in [0.1, 0.15) is 0 Å². The fraction of sp³-hybridized carbons (Fsp3) is 0.455. The maximum Gasteiger partial charge on any atom is 0.183 e. The van der Waals surface area contributed by atoms with Crippen LogP contribution in [0.4, 0.5) is 20.2 Å². The lowest BCUT2D eigenvalue weighted by atomic mass is 10.2. The van der Waals surface area contributed by atoms with Crippen LogP contribution in [-0.4, -0.2) is 18.1 Å². The minimum absolute atomic E-state index is 0.0632. The van der Waals surface area contributed by atoms with Crippen molar-refractivity contribution in [2.24, 2.45) is 0 Å². The van der Waals surface area contributed by atoms with E-state index in [1.54, 1.807) is 11.8 Å². The summed E-state index contributed by atoms with van der Waals surface area (Å²) < 4.78 is 26.3. The van der Waals surface area contributed by atoms with Gasteiger partial charge in [0.2, 0.25) is 0 Å². The summed E-state index contributed by atoms with van der Waals surface area (Å²) in [7, 11) is 0. The monoisotopic (exact) mass is 246 g/mol. The molecule has 16 heavy (non-hydrogen) atoms. The number of rotatable bonds is 5. The molecule has 0 amide bonds. The van der Waals surface area contributed by atoms with Gasteiger partial charge >= 0.3 is 0 Å². The first-order chi connectivity index (χ1) is 7.56. The van der Waals surface area contributed by atoms with Crippen molar-refractivity contribution in [3.63, 3.8) is 0 Å². The van der Waals surface area contributed by atoms with Crippen LogP contribution in [-0.2, 0) is 0 Å². The maximum atomic E-state index is 13.3. The minimum atomic E-state index is -0.906. The summed E-state index contributed by atoms with van der Waals surface area (Å²) in [5.41, 5.74) is 5.86. The van der Waals surface area contributed by atoms with Crippen LogP contribution in [0.1, 0.15) is 13.3 Å². The smallest absolute Gasteiger partial charge is 0.183 e. The molecule has 0 aliphatic heterocycles. The third kappa shape index (κ3) is 3.27. The summed E-state index contributed by atoms with van der Waals surface area (Å²) in [6, 6.07) is 2.39. The largest absolute Gasteiger partial charge is 0.397 e. The van der Waals surface area contributed by atoms with Gasteiger partial charge < -0.3 is 11.1 Å². The molecule has 0 radical (unpaired) electrons. The summed E-state index contributed by atoms with van der Waals surface area (Å²) >= 11 is 1.73. The van der Waals surface area contributed by atoms with E-state index >= 15 is 0 Å². The molecule has 0 aliphatic carbocycles. The average molecular weight is 246 g/mol. The molecule has 3 N–H and O–H groups in total. The van der Waals surface area contributed by atoms with Gasteiger partial charge in [-0.15, -0.1) is 0 Å². The lowest BCUT2D eigenvalue weighted by molar-refractivity contribution is 0.511. The maximum absolute atomic E-state index is 13.3. The summed E-state index contributed by atoms with van der Waals surface area (Å²) in [6.45, 7) is 2.66. The summed E-state index contributed by atoms with van der Waals surface area (Å²) in [4.78, 5) is 0. The molecule has 1 atom stereocenters. The molecule has 0 spiro atoms. The second-order valence-corrected chi connectivity index (χ2v) is 4.86. The highest BCUT2D eigenvalue weighted by molar-refractivity contribution is 7.99. The molecule has 0 fully saturated rings. The standard InChI is InChI=1S/C11H16F2N2S/c1-7(16-2)5-6-15-11-9(14)4-3-8(12)10(11)13/h3-4,7,15H,5-6,14H2,1-2H3. The van der Waals surface area contributed by atoms with E-state index in [-0.39, 0.29) is 11.4 Å². The SMILES string of the molecule is CSC(C)CCNc1c(N)ccc(F)c1F. The predicted octanol–water partition coefficient (Wildman–Crippen LogP) is 3.10. The molecule has 0 bridgehead atoms. The van der Waals surface area contributed by atoms with Crippen molar-refractivity contribution in [2.45, 2.75) is 18.6 Å². The number of hydrogen-bond acceptors (Lipinski definition) is 3. The number of nitrogens with two attached hydrogens (primary N) is 1. The Morgan fingerprint density at radius 3 is 2.75 bits per heavy atom. The van der Waals surface area contributed by atoms with Crippen molar-refractivity contribution in [2.75, 3.05) is 23.9 Å². The van der Waals surface area contributed by atoms with Gasteiger partial charge in [0.15, 0.2) is 11.6 Å². The molecular formula is C11H16F2N2S. The molecule has 0 saturated heterocycles. The Labute approximate surface area is 98.6 Å². The third-order valence-corrected chi connectivity index (χ3v) is 3.42. The first-order valence-electron chi connectivity index (χ1n) is 5.06. The number of anilines is 2. The molecule has 2 nitrogen and oxygen atoms in total. The number of thioether (sulfide) groups is 1. The van der Waals surface area contributed by atoms with E-state index in [0.717, 1.165) is 12.5 Å². The lowest BCUT2D eigenvalue weighted by Crippen LogP contribution is -2.11. The summed E-state index contributed by atoms with van der Waals surface area (Å²) in [6.07, 6.45) is 2.89. The zero-order valence-corrected chi connectivity index (χ0v) is 10.2. The highest BCUT2D eigenvalue weighted by Gasteiger charge is 2.11. The van der Waals surface area contributed by atoms with E-state index in [1.807, 2.05) is 6.26 Å².